The molecule has 0 radical (unpaired) electrons. The summed E-state index contributed by atoms with van der Waals surface area (Å²) in [7, 11) is 1.69. The quantitative estimate of drug-likeness (QED) is 0.837. The highest BCUT2D eigenvalue weighted by Gasteiger charge is 2.28. The van der Waals surface area contributed by atoms with E-state index in [0.29, 0.717) is 6.04 Å². The summed E-state index contributed by atoms with van der Waals surface area (Å²) >= 11 is 0. The minimum Gasteiger partial charge on any atom is -0.497 e. The van der Waals surface area contributed by atoms with Crippen molar-refractivity contribution in [1.29, 1.82) is 0 Å². The number of carbonyl (C=O) groups excluding carboxylic acids is 1. The number of hydrogen-bond acceptors (Lipinski definition) is 4. The molecule has 5 nitrogen and oxygen atoms in total. The third-order valence-electron chi connectivity index (χ3n) is 4.93. The Morgan fingerprint density at radius 3 is 2.24 bits per heavy atom. The van der Waals surface area contributed by atoms with Gasteiger partial charge in [0.2, 0.25) is 5.91 Å². The van der Waals surface area contributed by atoms with E-state index in [0.717, 1.165) is 31.9 Å². The molecule has 1 amide bonds. The minimum absolute atomic E-state index is 0. The maximum Gasteiger partial charge on any atom is 0.227 e. The Hall–Kier alpha value is -1.01. The molecule has 1 aliphatic rings. The molecule has 1 saturated heterocycles. The second-order valence-corrected chi connectivity index (χ2v) is 6.46. The average Bonchev–Trinajstić information content (AvgIpc) is 2.59. The van der Waals surface area contributed by atoms with Gasteiger partial charge in [0.1, 0.15) is 5.75 Å². The lowest BCUT2D eigenvalue weighted by molar-refractivity contribution is -0.137. The minimum atomic E-state index is -0.114. The average molecular weight is 392 g/mol. The number of hydrogen-bond donors (Lipinski definition) is 1. The summed E-state index contributed by atoms with van der Waals surface area (Å²) in [6.45, 7) is 9.32. The molecule has 0 aromatic heterocycles. The summed E-state index contributed by atoms with van der Waals surface area (Å²) in [5, 5.41) is 0. The van der Waals surface area contributed by atoms with E-state index in [1.807, 2.05) is 30.9 Å². The van der Waals surface area contributed by atoms with Gasteiger partial charge in [-0.3, -0.25) is 9.69 Å². The number of piperazine rings is 1. The van der Waals surface area contributed by atoms with E-state index >= 15 is 0 Å². The number of benzene rings is 1. The van der Waals surface area contributed by atoms with Crippen LogP contribution in [-0.4, -0.2) is 55.0 Å². The summed E-state index contributed by atoms with van der Waals surface area (Å²) in [4.78, 5) is 16.7. The van der Waals surface area contributed by atoms with E-state index < -0.39 is 0 Å². The van der Waals surface area contributed by atoms with Gasteiger partial charge in [-0.25, -0.2) is 0 Å². The predicted octanol–water partition coefficient (Wildman–Crippen LogP) is 2.73. The van der Waals surface area contributed by atoms with Gasteiger partial charge >= 0.3 is 0 Å². The first-order valence-electron chi connectivity index (χ1n) is 8.36. The molecule has 1 aliphatic heterocycles. The lowest BCUT2D eigenvalue weighted by atomic mass is 10.0. The number of nitrogens with zero attached hydrogens (tertiary/aromatic N) is 2. The van der Waals surface area contributed by atoms with Gasteiger partial charge in [0, 0.05) is 38.3 Å². The summed E-state index contributed by atoms with van der Waals surface area (Å²) in [6.07, 6.45) is 0. The van der Waals surface area contributed by atoms with E-state index in [1.54, 1.807) is 7.11 Å². The molecule has 25 heavy (non-hydrogen) atoms. The fraction of sp³-hybridized carbons (Fsp3) is 0.611. The highest BCUT2D eigenvalue weighted by atomic mass is 35.5. The summed E-state index contributed by atoms with van der Waals surface area (Å²) in [5.74, 6) is 0.944. The highest BCUT2D eigenvalue weighted by molar-refractivity contribution is 5.85. The van der Waals surface area contributed by atoms with Crippen molar-refractivity contribution in [3.63, 3.8) is 0 Å². The third-order valence-corrected chi connectivity index (χ3v) is 4.93. The van der Waals surface area contributed by atoms with Crippen LogP contribution in [0.2, 0.25) is 0 Å². The third kappa shape index (κ3) is 6.03. The predicted molar refractivity (Wildman–Crippen MR) is 107 cm³/mol. The number of nitrogens with two attached hydrogens (primary N) is 1. The molecular formula is C18H31Cl2N3O2. The number of carbonyl (C=O) groups is 1. The van der Waals surface area contributed by atoms with Gasteiger partial charge in [0.05, 0.1) is 13.0 Å². The summed E-state index contributed by atoms with van der Waals surface area (Å²) in [6, 6.07) is 8.41. The van der Waals surface area contributed by atoms with Crippen LogP contribution < -0.4 is 10.5 Å². The Labute approximate surface area is 163 Å². The number of halogens is 2. The van der Waals surface area contributed by atoms with Gasteiger partial charge in [0.25, 0.3) is 0 Å². The highest BCUT2D eigenvalue weighted by Crippen LogP contribution is 2.25. The topological polar surface area (TPSA) is 58.8 Å². The number of methoxy groups -OCH3 is 1. The van der Waals surface area contributed by atoms with Crippen LogP contribution in [-0.2, 0) is 4.79 Å². The number of ether oxygens (including phenoxy) is 1. The molecule has 1 fully saturated rings. The van der Waals surface area contributed by atoms with Gasteiger partial charge in [-0.05, 0) is 31.5 Å². The number of amides is 1. The van der Waals surface area contributed by atoms with Gasteiger partial charge in [0.15, 0.2) is 0 Å². The van der Waals surface area contributed by atoms with E-state index in [-0.39, 0.29) is 42.7 Å². The van der Waals surface area contributed by atoms with Crippen molar-refractivity contribution < 1.29 is 9.53 Å². The molecule has 0 saturated carbocycles. The van der Waals surface area contributed by atoms with Crippen molar-refractivity contribution in [2.75, 3.05) is 33.3 Å². The Morgan fingerprint density at radius 2 is 1.72 bits per heavy atom. The first kappa shape index (κ1) is 24.0. The van der Waals surface area contributed by atoms with Crippen LogP contribution in [0.1, 0.15) is 32.4 Å². The smallest absolute Gasteiger partial charge is 0.227 e. The van der Waals surface area contributed by atoms with Gasteiger partial charge in [-0.1, -0.05) is 19.1 Å². The van der Waals surface area contributed by atoms with Gasteiger partial charge in [-0.2, -0.15) is 0 Å². The lowest BCUT2D eigenvalue weighted by Gasteiger charge is -2.39. The van der Waals surface area contributed by atoms with Gasteiger partial charge in [-0.15, -0.1) is 24.8 Å². The standard InChI is InChI=1S/C18H29N3O2.2ClH/c1-13(14(2)19)18(22)21-10-8-20(9-11-21)15(3)16-6-5-7-17(12-16)23-4;;/h5-7,12-15H,8-11,19H2,1-4H3;2*1H. The van der Waals surface area contributed by atoms with Crippen LogP contribution >= 0.6 is 24.8 Å². The maximum atomic E-state index is 12.4. The molecule has 3 atom stereocenters. The molecule has 1 heterocycles. The Morgan fingerprint density at radius 1 is 1.12 bits per heavy atom. The summed E-state index contributed by atoms with van der Waals surface area (Å²) < 4.78 is 5.31. The molecule has 0 aliphatic carbocycles. The van der Waals surface area contributed by atoms with Gasteiger partial charge < -0.3 is 15.4 Å². The fourth-order valence-electron chi connectivity index (χ4n) is 2.95. The van der Waals surface area contributed by atoms with E-state index in [4.69, 9.17) is 10.5 Å². The van der Waals surface area contributed by atoms with Crippen LogP contribution in [0.3, 0.4) is 0 Å². The first-order valence-corrected chi connectivity index (χ1v) is 8.36. The molecule has 7 heteroatoms. The maximum absolute atomic E-state index is 12.4. The summed E-state index contributed by atoms with van der Waals surface area (Å²) in [5.41, 5.74) is 7.10. The molecule has 2 rings (SSSR count). The molecule has 0 bridgehead atoms. The second-order valence-electron chi connectivity index (χ2n) is 6.46. The Bertz CT molecular complexity index is 535. The van der Waals surface area contributed by atoms with Crippen LogP contribution in [0.25, 0.3) is 0 Å². The zero-order valence-corrected chi connectivity index (χ0v) is 17.1. The van der Waals surface area contributed by atoms with E-state index in [2.05, 4.69) is 24.0 Å². The normalized spacial score (nSPS) is 18.4. The van der Waals surface area contributed by atoms with Crippen LogP contribution in [0.5, 0.6) is 5.75 Å². The fourth-order valence-corrected chi connectivity index (χ4v) is 2.95. The monoisotopic (exact) mass is 391 g/mol. The zero-order chi connectivity index (χ0) is 17.0. The first-order chi connectivity index (χ1) is 10.9. The lowest BCUT2D eigenvalue weighted by Crippen LogP contribution is -2.52. The van der Waals surface area contributed by atoms with Crippen LogP contribution in [0, 0.1) is 5.92 Å². The SMILES string of the molecule is COc1cccc(C(C)N2CCN(C(=O)C(C)C(C)N)CC2)c1.Cl.Cl. The van der Waals surface area contributed by atoms with Crippen molar-refractivity contribution in [2.24, 2.45) is 11.7 Å². The van der Waals surface area contributed by atoms with E-state index in [1.165, 1.54) is 5.56 Å². The zero-order valence-electron chi connectivity index (χ0n) is 15.5. The molecule has 1 aromatic carbocycles. The second kappa shape index (κ2) is 10.9. The van der Waals surface area contributed by atoms with Crippen molar-refractivity contribution in [3.8, 4) is 5.75 Å². The largest absolute Gasteiger partial charge is 0.497 e. The van der Waals surface area contributed by atoms with Crippen LogP contribution in [0.4, 0.5) is 0 Å². The molecule has 2 N–H and O–H groups in total. The van der Waals surface area contributed by atoms with Crippen molar-refractivity contribution in [3.05, 3.63) is 29.8 Å². The van der Waals surface area contributed by atoms with Crippen molar-refractivity contribution in [2.45, 2.75) is 32.9 Å². The van der Waals surface area contributed by atoms with Crippen molar-refractivity contribution in [1.82, 2.24) is 9.80 Å². The van der Waals surface area contributed by atoms with E-state index in [9.17, 15) is 4.79 Å². The van der Waals surface area contributed by atoms with Crippen molar-refractivity contribution >= 4 is 30.7 Å². The molecule has 0 spiro atoms. The number of rotatable bonds is 5. The molecule has 144 valence electrons. The Balaban J connectivity index is 0.00000288. The molecule has 3 unspecified atom stereocenters. The molecule has 1 aromatic rings. The van der Waals surface area contributed by atoms with Crippen LogP contribution in [0.15, 0.2) is 24.3 Å². The molecular weight excluding hydrogens is 361 g/mol. The Kier molecular flexibility index (Phi) is 10.4.